The lowest BCUT2D eigenvalue weighted by molar-refractivity contribution is -0.137. The van der Waals surface area contributed by atoms with E-state index in [1.54, 1.807) is 24.5 Å². The molecule has 2 heterocycles. The van der Waals surface area contributed by atoms with Crippen molar-refractivity contribution in [3.8, 4) is 16.9 Å². The molecule has 1 unspecified atom stereocenters. The molecule has 0 fully saturated rings. The van der Waals surface area contributed by atoms with Gasteiger partial charge in [0.1, 0.15) is 17.7 Å². The molecule has 2 aromatic carbocycles. The van der Waals surface area contributed by atoms with Gasteiger partial charge in [0.25, 0.3) is 0 Å². The molecule has 3 nitrogen and oxygen atoms in total. The predicted molar refractivity (Wildman–Crippen MR) is 106 cm³/mol. The van der Waals surface area contributed by atoms with E-state index < -0.39 is 11.7 Å². The first kappa shape index (κ1) is 20.3. The summed E-state index contributed by atoms with van der Waals surface area (Å²) in [5.41, 5.74) is 2.71. The maximum Gasteiger partial charge on any atom is 0.416 e. The molecule has 1 aliphatic heterocycles. The van der Waals surface area contributed by atoms with Gasteiger partial charge in [0.2, 0.25) is 0 Å². The van der Waals surface area contributed by atoms with Gasteiger partial charge < -0.3 is 10.1 Å². The molecule has 0 radical (unpaired) electrons. The molecule has 1 N–H and O–H groups in total. The van der Waals surface area contributed by atoms with Crippen LogP contribution in [0.4, 0.5) is 17.6 Å². The summed E-state index contributed by atoms with van der Waals surface area (Å²) in [6.45, 7) is 1.14. The third kappa shape index (κ3) is 4.79. The Bertz CT molecular complexity index is 1020. The Morgan fingerprint density at radius 3 is 2.57 bits per heavy atom. The van der Waals surface area contributed by atoms with Crippen LogP contribution < -0.4 is 10.1 Å². The first-order chi connectivity index (χ1) is 14.4. The molecule has 0 spiro atoms. The fraction of sp³-hybridized carbons (Fsp3) is 0.261. The van der Waals surface area contributed by atoms with E-state index in [9.17, 15) is 17.6 Å². The average Bonchev–Trinajstić information content (AvgIpc) is 2.73. The Labute approximate surface area is 171 Å². The van der Waals surface area contributed by atoms with Crippen molar-refractivity contribution in [2.24, 2.45) is 0 Å². The highest BCUT2D eigenvalue weighted by atomic mass is 19.4. The Balaban J connectivity index is 1.33. The Kier molecular flexibility index (Phi) is 5.72. The van der Waals surface area contributed by atoms with Crippen molar-refractivity contribution >= 4 is 0 Å². The fourth-order valence-corrected chi connectivity index (χ4v) is 3.53. The molecule has 0 saturated heterocycles. The molecule has 0 aliphatic carbocycles. The first-order valence-electron chi connectivity index (χ1n) is 9.66. The number of rotatable bonds is 5. The van der Waals surface area contributed by atoms with E-state index >= 15 is 0 Å². The molecular formula is C23H20F4N2O. The minimum Gasteiger partial charge on any atom is -0.489 e. The van der Waals surface area contributed by atoms with Crippen LogP contribution in [0.1, 0.15) is 23.1 Å². The highest BCUT2D eigenvalue weighted by Crippen LogP contribution is 2.35. The summed E-state index contributed by atoms with van der Waals surface area (Å²) in [6.07, 6.45) is 0.234. The maximum absolute atomic E-state index is 13.1. The number of fused-ring (bicyclic) bond motifs is 1. The van der Waals surface area contributed by atoms with Crippen LogP contribution in [0.25, 0.3) is 11.1 Å². The number of aromatic nitrogens is 1. The number of hydrogen-bond donors (Lipinski definition) is 1. The highest BCUT2D eigenvalue weighted by Gasteiger charge is 2.32. The van der Waals surface area contributed by atoms with Crippen LogP contribution in [-0.4, -0.2) is 17.6 Å². The average molecular weight is 416 g/mol. The number of hydrogen-bond acceptors (Lipinski definition) is 3. The van der Waals surface area contributed by atoms with Gasteiger partial charge in [0, 0.05) is 31.0 Å². The van der Waals surface area contributed by atoms with E-state index in [1.165, 1.54) is 24.3 Å². The molecule has 0 bridgehead atoms. The summed E-state index contributed by atoms with van der Waals surface area (Å²) < 4.78 is 57.5. The van der Waals surface area contributed by atoms with E-state index in [-0.39, 0.29) is 11.9 Å². The molecule has 3 aromatic rings. The van der Waals surface area contributed by atoms with Crippen molar-refractivity contribution in [1.82, 2.24) is 10.3 Å². The SMILES string of the molecule is Fc1ccc(-c2cncc(CNCC3CCc4cc(C(F)(F)F)ccc4O3)c2)cc1. The lowest BCUT2D eigenvalue weighted by Crippen LogP contribution is -2.34. The van der Waals surface area contributed by atoms with Crippen molar-refractivity contribution < 1.29 is 22.3 Å². The summed E-state index contributed by atoms with van der Waals surface area (Å²) in [6, 6.07) is 11.9. The van der Waals surface area contributed by atoms with Gasteiger partial charge in [-0.3, -0.25) is 4.98 Å². The van der Waals surface area contributed by atoms with E-state index in [2.05, 4.69) is 10.3 Å². The topological polar surface area (TPSA) is 34.2 Å². The third-order valence-electron chi connectivity index (χ3n) is 5.09. The Morgan fingerprint density at radius 1 is 1.00 bits per heavy atom. The zero-order chi connectivity index (χ0) is 21.1. The van der Waals surface area contributed by atoms with Crippen LogP contribution in [0.3, 0.4) is 0 Å². The van der Waals surface area contributed by atoms with E-state index in [4.69, 9.17) is 4.74 Å². The lowest BCUT2D eigenvalue weighted by Gasteiger charge is -2.27. The van der Waals surface area contributed by atoms with Gasteiger partial charge in [-0.05, 0) is 65.9 Å². The van der Waals surface area contributed by atoms with Crippen molar-refractivity contribution in [3.05, 3.63) is 83.4 Å². The number of ether oxygens (including phenoxy) is 1. The second kappa shape index (κ2) is 8.44. The summed E-state index contributed by atoms with van der Waals surface area (Å²) in [4.78, 5) is 4.25. The first-order valence-corrected chi connectivity index (χ1v) is 9.66. The minimum atomic E-state index is -4.34. The third-order valence-corrected chi connectivity index (χ3v) is 5.09. The second-order valence-corrected chi connectivity index (χ2v) is 7.32. The predicted octanol–water partition coefficient (Wildman–Crippen LogP) is 5.39. The summed E-state index contributed by atoms with van der Waals surface area (Å²) in [7, 11) is 0. The minimum absolute atomic E-state index is 0.109. The highest BCUT2D eigenvalue weighted by molar-refractivity contribution is 5.62. The number of aryl methyl sites for hydroxylation is 1. The van der Waals surface area contributed by atoms with Crippen molar-refractivity contribution in [2.45, 2.75) is 31.7 Å². The summed E-state index contributed by atoms with van der Waals surface area (Å²) >= 11 is 0. The molecule has 0 saturated carbocycles. The van der Waals surface area contributed by atoms with Crippen molar-refractivity contribution in [2.75, 3.05) is 6.54 Å². The zero-order valence-electron chi connectivity index (χ0n) is 16.0. The largest absolute Gasteiger partial charge is 0.489 e. The number of benzene rings is 2. The molecule has 7 heteroatoms. The normalized spacial score (nSPS) is 16.1. The van der Waals surface area contributed by atoms with Gasteiger partial charge >= 0.3 is 6.18 Å². The van der Waals surface area contributed by atoms with E-state index in [1.807, 2.05) is 6.07 Å². The molecule has 30 heavy (non-hydrogen) atoms. The Hall–Kier alpha value is -2.93. The van der Waals surface area contributed by atoms with Crippen LogP contribution in [0, 0.1) is 5.82 Å². The maximum atomic E-state index is 13.1. The Morgan fingerprint density at radius 2 is 1.80 bits per heavy atom. The molecule has 1 aliphatic rings. The molecule has 1 aromatic heterocycles. The zero-order valence-corrected chi connectivity index (χ0v) is 16.0. The van der Waals surface area contributed by atoms with Gasteiger partial charge in [0.05, 0.1) is 5.56 Å². The second-order valence-electron chi connectivity index (χ2n) is 7.32. The number of halogens is 4. The van der Waals surface area contributed by atoms with Crippen molar-refractivity contribution in [1.29, 1.82) is 0 Å². The van der Waals surface area contributed by atoms with Crippen LogP contribution in [-0.2, 0) is 19.1 Å². The van der Waals surface area contributed by atoms with Gasteiger partial charge in [-0.15, -0.1) is 0 Å². The molecular weight excluding hydrogens is 396 g/mol. The van der Waals surface area contributed by atoms with E-state index in [0.717, 1.165) is 22.8 Å². The molecule has 156 valence electrons. The lowest BCUT2D eigenvalue weighted by atomic mass is 9.99. The number of alkyl halides is 3. The summed E-state index contributed by atoms with van der Waals surface area (Å²) in [5, 5.41) is 3.32. The molecule has 4 rings (SSSR count). The standard InChI is InChI=1S/C23H20F4N2O/c24-20-5-1-16(2-6-20)18-9-15(11-28-13-18)12-29-14-21-7-3-17-10-19(23(25,26)27)4-8-22(17)30-21/h1-2,4-6,8-11,13,21,29H,3,7,12,14H2. The molecule has 1 atom stereocenters. The van der Waals surface area contributed by atoms with Gasteiger partial charge in [-0.25, -0.2) is 4.39 Å². The quantitative estimate of drug-likeness (QED) is 0.567. The molecule has 0 amide bonds. The van der Waals surface area contributed by atoms with Crippen LogP contribution in [0.5, 0.6) is 5.75 Å². The summed E-state index contributed by atoms with van der Waals surface area (Å²) in [5.74, 6) is 0.231. The fourth-order valence-electron chi connectivity index (χ4n) is 3.53. The van der Waals surface area contributed by atoms with Crippen LogP contribution in [0.2, 0.25) is 0 Å². The van der Waals surface area contributed by atoms with E-state index in [0.29, 0.717) is 37.2 Å². The van der Waals surface area contributed by atoms with Gasteiger partial charge in [-0.2, -0.15) is 13.2 Å². The number of nitrogens with zero attached hydrogens (tertiary/aromatic N) is 1. The van der Waals surface area contributed by atoms with Crippen molar-refractivity contribution in [3.63, 3.8) is 0 Å². The number of pyridine rings is 1. The number of nitrogens with one attached hydrogen (secondary N) is 1. The van der Waals surface area contributed by atoms with Crippen LogP contribution >= 0.6 is 0 Å². The smallest absolute Gasteiger partial charge is 0.416 e. The monoisotopic (exact) mass is 416 g/mol. The van der Waals surface area contributed by atoms with Crippen LogP contribution in [0.15, 0.2) is 60.9 Å². The van der Waals surface area contributed by atoms with Gasteiger partial charge in [0.15, 0.2) is 0 Å². The van der Waals surface area contributed by atoms with Gasteiger partial charge in [-0.1, -0.05) is 12.1 Å².